The molecule has 12 heteroatoms. The van der Waals surface area contributed by atoms with Gasteiger partial charge in [0.1, 0.15) is 0 Å². The van der Waals surface area contributed by atoms with E-state index in [0.29, 0.717) is 24.2 Å². The van der Waals surface area contributed by atoms with Crippen LogP contribution in [0.25, 0.3) is 0 Å². The number of benzene rings is 3. The van der Waals surface area contributed by atoms with Gasteiger partial charge in [-0.05, 0) is 63.8 Å². The van der Waals surface area contributed by atoms with Crippen LogP contribution < -0.4 is 14.5 Å². The number of hydrogen-bond acceptors (Lipinski definition) is 7. The number of rotatable bonds is 8. The summed E-state index contributed by atoms with van der Waals surface area (Å²) in [6.45, 7) is 21.6. The van der Waals surface area contributed by atoms with Gasteiger partial charge in [0.05, 0.1) is 0 Å². The van der Waals surface area contributed by atoms with Crippen molar-refractivity contribution in [2.45, 2.75) is 85.3 Å². The molecule has 3 aromatic carbocycles. The molecule has 5 rings (SSSR count). The van der Waals surface area contributed by atoms with Gasteiger partial charge in [-0.1, -0.05) is 35.4 Å². The van der Waals surface area contributed by atoms with Crippen LogP contribution in [-0.2, 0) is 33.1 Å². The van der Waals surface area contributed by atoms with E-state index in [1.807, 2.05) is 13.8 Å². The smallest absolute Gasteiger partial charge is 0.0146 e. The Morgan fingerprint density at radius 3 is 1.84 bits per heavy atom. The number of nitrogens with zero attached hydrogens (tertiary/aromatic N) is 3. The van der Waals surface area contributed by atoms with Gasteiger partial charge in [-0.15, -0.1) is 0 Å². The van der Waals surface area contributed by atoms with E-state index in [9.17, 15) is 13.2 Å². The molecule has 0 spiro atoms. The minimum atomic E-state index is -3.86. The first kappa shape index (κ1) is 39.3. The van der Waals surface area contributed by atoms with Gasteiger partial charge in [0.25, 0.3) is 0 Å². The number of carbonyl (C=O) groups excluding carboxylic acids is 1. The topological polar surface area (TPSA) is 79.4 Å². The zero-order valence-electron chi connectivity index (χ0n) is 29.8. The van der Waals surface area contributed by atoms with E-state index in [4.69, 9.17) is 28.9 Å². The number of esters is 1. The van der Waals surface area contributed by atoms with Gasteiger partial charge in [-0.3, -0.25) is 0 Å². The zero-order valence-corrected chi connectivity index (χ0v) is 33.9. The fourth-order valence-corrected chi connectivity index (χ4v) is 10.3. The Bertz CT molecular complexity index is 1720. The Labute approximate surface area is 305 Å². The summed E-state index contributed by atoms with van der Waals surface area (Å²) < 4.78 is 39.4. The molecular weight excluding hydrogens is 770 g/mol. The summed E-state index contributed by atoms with van der Waals surface area (Å²) in [6, 6.07) is 12.9. The summed E-state index contributed by atoms with van der Waals surface area (Å²) in [5.41, 5.74) is 11.4. The normalized spacial score (nSPS) is 16.8. The molecule has 0 N–H and O–H groups in total. The molecule has 0 saturated carbocycles. The third-order valence-corrected chi connectivity index (χ3v) is 12.3. The van der Waals surface area contributed by atoms with Crippen molar-refractivity contribution in [2.24, 2.45) is 0 Å². The third-order valence-electron chi connectivity index (χ3n) is 8.52. The van der Waals surface area contributed by atoms with Crippen molar-refractivity contribution in [3.05, 3.63) is 88.1 Å². The van der Waals surface area contributed by atoms with Crippen LogP contribution in [0.4, 0.5) is 11.4 Å². The second kappa shape index (κ2) is 16.7. The van der Waals surface area contributed by atoms with Crippen LogP contribution in [0.3, 0.4) is 0 Å². The van der Waals surface area contributed by atoms with Crippen LogP contribution in [0.5, 0.6) is 5.75 Å². The number of sulfonamides is 1. The van der Waals surface area contributed by atoms with Gasteiger partial charge in [-0.25, -0.2) is 0 Å². The monoisotopic (exact) mass is 818 g/mol. The summed E-state index contributed by atoms with van der Waals surface area (Å²) in [7, 11) is 9.34. The summed E-state index contributed by atoms with van der Waals surface area (Å²) >= 11 is -2.19. The van der Waals surface area contributed by atoms with Gasteiger partial charge < -0.3 is 9.80 Å². The van der Waals surface area contributed by atoms with Crippen LogP contribution in [0.15, 0.2) is 47.4 Å². The maximum atomic E-state index is 13.0. The van der Waals surface area contributed by atoms with E-state index in [1.54, 1.807) is 10.7 Å². The first-order chi connectivity index (χ1) is 23.0. The SMILES string of the molecule is COC(=O)C1CCCN1S(=O)(=O)c1ccc(OC(C)C)c([CH]=[Ru]([Cl])[Cl])c1.Cc1cc(C)c(N2[CH-]N(c3c(C)cc(C)cc3C)CC2)c(C)c1. The molecule has 1 unspecified atom stereocenters. The molecule has 2 heterocycles. The second-order valence-corrected chi connectivity index (χ2v) is 20.6. The molecule has 1 atom stereocenters. The number of aryl methyl sites for hydroxylation is 6. The molecule has 0 amide bonds. The Hall–Kier alpha value is -2.49. The fourth-order valence-electron chi connectivity index (χ4n) is 6.84. The van der Waals surface area contributed by atoms with Crippen molar-refractivity contribution in [3.63, 3.8) is 0 Å². The molecule has 2 aliphatic rings. The second-order valence-electron chi connectivity index (χ2n) is 13.0. The predicted octanol–water partition coefficient (Wildman–Crippen LogP) is 7.86. The minimum Gasteiger partial charge on any atom is -0.502 e. The first-order valence-corrected chi connectivity index (χ1v) is 23.2. The van der Waals surface area contributed by atoms with Crippen molar-refractivity contribution < 1.29 is 36.2 Å². The van der Waals surface area contributed by atoms with Crippen molar-refractivity contribution in [2.75, 3.05) is 36.5 Å². The number of hydrogen-bond donors (Lipinski definition) is 0. The van der Waals surface area contributed by atoms with E-state index < -0.39 is 35.6 Å². The quantitative estimate of drug-likeness (QED) is 0.130. The Morgan fingerprint density at radius 2 is 1.39 bits per heavy atom. The average Bonchev–Trinajstić information content (AvgIpc) is 3.68. The van der Waals surface area contributed by atoms with E-state index in [-0.39, 0.29) is 17.5 Å². The maximum absolute atomic E-state index is 13.0. The molecular formula is C37H48Cl2N3O5RuS-. The van der Waals surface area contributed by atoms with Crippen LogP contribution in [0.1, 0.15) is 65.6 Å². The molecule has 0 bridgehead atoms. The minimum absolute atomic E-state index is 0.0689. The van der Waals surface area contributed by atoms with E-state index >= 15 is 0 Å². The number of halogens is 2. The van der Waals surface area contributed by atoms with Gasteiger partial charge in [0, 0.05) is 24.5 Å². The number of methoxy groups -OCH3 is 1. The van der Waals surface area contributed by atoms with Gasteiger partial charge in [-0.2, -0.15) is 6.67 Å². The first-order valence-electron chi connectivity index (χ1n) is 16.3. The Morgan fingerprint density at radius 1 is 0.878 bits per heavy atom. The van der Waals surface area contributed by atoms with E-state index in [2.05, 4.69) is 82.3 Å². The summed E-state index contributed by atoms with van der Waals surface area (Å²) in [5, 5.41) is 0. The number of carbonyl (C=O) groups is 1. The van der Waals surface area contributed by atoms with Crippen LogP contribution in [-0.4, -0.2) is 62.2 Å². The zero-order chi connectivity index (χ0) is 36.2. The summed E-state index contributed by atoms with van der Waals surface area (Å²) in [6.07, 6.45) is 0.960. The van der Waals surface area contributed by atoms with Crippen molar-refractivity contribution >= 4 is 51.4 Å². The summed E-state index contributed by atoms with van der Waals surface area (Å²) in [5.74, 6) is -0.0308. The molecule has 49 heavy (non-hydrogen) atoms. The molecule has 2 saturated heterocycles. The van der Waals surface area contributed by atoms with E-state index in [0.717, 1.165) is 13.1 Å². The fraction of sp³-hybridized carbons (Fsp3) is 0.432. The predicted molar refractivity (Wildman–Crippen MR) is 198 cm³/mol. The molecule has 270 valence electrons. The van der Waals surface area contributed by atoms with Gasteiger partial charge in [0.2, 0.25) is 0 Å². The third kappa shape index (κ3) is 9.45. The molecule has 0 radical (unpaired) electrons. The van der Waals surface area contributed by atoms with Crippen LogP contribution in [0.2, 0.25) is 0 Å². The number of ether oxygens (including phenoxy) is 2. The standard InChI is InChI=1S/C21H27N2.C16H21NO5S.2ClH.Ru/c1-14-9-16(3)20(17(4)10-14)22-7-8-23(13-22)21-18(5)11-15(2)12-19(21)6;1-11(2)22-15-8-7-13(10-12(15)3)23(19,20)17-9-5-6-14(17)16(18)21-4;;;/h9-13H,7-8H2,1-6H3;3,7-8,10-11,14H,5-6,9H2,1-2,4H3;2*1H;/q-1;;;;+2/p-2. The molecule has 8 nitrogen and oxygen atoms in total. The van der Waals surface area contributed by atoms with Gasteiger partial charge >= 0.3 is 167 Å². The molecule has 3 aromatic rings. The molecule has 2 fully saturated rings. The Balaban J connectivity index is 0.000000222. The van der Waals surface area contributed by atoms with E-state index in [1.165, 1.54) is 68.3 Å². The van der Waals surface area contributed by atoms with Crippen molar-refractivity contribution in [3.8, 4) is 5.75 Å². The maximum Gasteiger partial charge on any atom is 0.0146 e. The average molecular weight is 819 g/mol. The number of anilines is 2. The van der Waals surface area contributed by atoms with Crippen LogP contribution >= 0.6 is 19.4 Å². The molecule has 0 aromatic heterocycles. The van der Waals surface area contributed by atoms with Crippen molar-refractivity contribution in [1.29, 1.82) is 0 Å². The summed E-state index contributed by atoms with van der Waals surface area (Å²) in [4.78, 5) is 16.8. The van der Waals surface area contributed by atoms with Crippen LogP contribution in [0, 0.1) is 48.2 Å². The molecule has 0 aliphatic carbocycles. The van der Waals surface area contributed by atoms with Gasteiger partial charge in [0.15, 0.2) is 0 Å². The largest absolute Gasteiger partial charge is 0.502 e. The van der Waals surface area contributed by atoms with Crippen molar-refractivity contribution in [1.82, 2.24) is 4.31 Å². The molecule has 2 aliphatic heterocycles. The Kier molecular flexibility index (Phi) is 13.4.